The molecule has 1 N–H and O–H groups in total. The number of aromatic nitrogens is 1. The maximum absolute atomic E-state index is 9.12. The molecule has 17 heavy (non-hydrogen) atoms. The molecule has 0 spiro atoms. The topological polar surface area (TPSA) is 55.5 Å². The van der Waals surface area contributed by atoms with Gasteiger partial charge in [-0.3, -0.25) is 0 Å². The maximum Gasteiger partial charge on any atom is 0.134 e. The summed E-state index contributed by atoms with van der Waals surface area (Å²) >= 11 is 3.35. The number of aliphatic hydroxyl groups excluding tert-OH is 1. The molecule has 0 fully saturated rings. The van der Waals surface area contributed by atoms with Crippen LogP contribution < -0.4 is 4.74 Å². The van der Waals surface area contributed by atoms with Crippen LogP contribution >= 0.6 is 15.9 Å². The second kappa shape index (κ2) is 5.33. The van der Waals surface area contributed by atoms with Crippen molar-refractivity contribution >= 4 is 15.9 Å². The number of halogens is 1. The molecule has 0 amide bonds. The Kier molecular flexibility index (Phi) is 3.81. The van der Waals surface area contributed by atoms with Crippen LogP contribution in [-0.4, -0.2) is 10.3 Å². The molecule has 0 saturated carbocycles. The summed E-state index contributed by atoms with van der Waals surface area (Å²) in [4.78, 5) is 0. The fourth-order valence-corrected chi connectivity index (χ4v) is 1.78. The van der Waals surface area contributed by atoms with Crippen LogP contribution in [0.3, 0.4) is 0 Å². The third-order valence-corrected chi connectivity index (χ3v) is 3.02. The Labute approximate surface area is 107 Å². The molecule has 0 aliphatic carbocycles. The van der Waals surface area contributed by atoms with Gasteiger partial charge in [0.15, 0.2) is 0 Å². The molecular weight excluding hydrogens is 286 g/mol. The lowest BCUT2D eigenvalue weighted by atomic mass is 10.2. The van der Waals surface area contributed by atoms with Crippen molar-refractivity contribution in [2.24, 2.45) is 0 Å². The van der Waals surface area contributed by atoms with Crippen LogP contribution in [0.1, 0.15) is 17.0 Å². The van der Waals surface area contributed by atoms with Crippen LogP contribution in [0.2, 0.25) is 0 Å². The van der Waals surface area contributed by atoms with Crippen molar-refractivity contribution in [3.8, 4) is 5.75 Å². The minimum Gasteiger partial charge on any atom is -0.487 e. The quantitative estimate of drug-likeness (QED) is 0.943. The summed E-state index contributed by atoms with van der Waals surface area (Å²) in [6, 6.07) is 7.29. The van der Waals surface area contributed by atoms with Gasteiger partial charge in [0.1, 0.15) is 23.8 Å². The number of nitrogens with zero attached hydrogens (tertiary/aromatic N) is 1. The van der Waals surface area contributed by atoms with E-state index in [9.17, 15) is 0 Å². The number of benzene rings is 1. The van der Waals surface area contributed by atoms with E-state index in [2.05, 4.69) is 21.1 Å². The van der Waals surface area contributed by atoms with Crippen LogP contribution in [0, 0.1) is 6.92 Å². The summed E-state index contributed by atoms with van der Waals surface area (Å²) in [5.74, 6) is 1.45. The first-order chi connectivity index (χ1) is 8.19. The predicted octanol–water partition coefficient (Wildman–Crippen LogP) is 2.82. The Bertz CT molecular complexity index is 510. The largest absolute Gasteiger partial charge is 0.487 e. The highest BCUT2D eigenvalue weighted by atomic mass is 79.9. The molecule has 0 saturated heterocycles. The fourth-order valence-electron chi connectivity index (χ4n) is 1.41. The first kappa shape index (κ1) is 12.1. The smallest absolute Gasteiger partial charge is 0.134 e. The van der Waals surface area contributed by atoms with Crippen molar-refractivity contribution in [1.29, 1.82) is 0 Å². The third kappa shape index (κ3) is 3.08. The summed E-state index contributed by atoms with van der Waals surface area (Å²) in [5.41, 5.74) is 1.54. The van der Waals surface area contributed by atoms with Gasteiger partial charge in [0.2, 0.25) is 0 Å². The molecule has 2 aromatic rings. The Morgan fingerprint density at radius 2 is 2.24 bits per heavy atom. The van der Waals surface area contributed by atoms with Gasteiger partial charge in [-0.25, -0.2) is 0 Å². The van der Waals surface area contributed by atoms with Crippen LogP contribution in [-0.2, 0) is 13.2 Å². The first-order valence-electron chi connectivity index (χ1n) is 5.13. The van der Waals surface area contributed by atoms with Crippen LogP contribution in [0.25, 0.3) is 0 Å². The monoisotopic (exact) mass is 297 g/mol. The Hall–Kier alpha value is -1.33. The maximum atomic E-state index is 9.12. The zero-order valence-corrected chi connectivity index (χ0v) is 10.9. The highest BCUT2D eigenvalue weighted by Crippen LogP contribution is 2.23. The number of ether oxygens (including phenoxy) is 1. The summed E-state index contributed by atoms with van der Waals surface area (Å²) in [6.45, 7) is 2.16. The van der Waals surface area contributed by atoms with Gasteiger partial charge in [0, 0.05) is 10.5 Å². The third-order valence-electron chi connectivity index (χ3n) is 2.25. The van der Waals surface area contributed by atoms with Crippen molar-refractivity contribution < 1.29 is 14.4 Å². The molecule has 5 heteroatoms. The molecule has 0 aliphatic heterocycles. The summed E-state index contributed by atoms with van der Waals surface area (Å²) < 4.78 is 11.4. The van der Waals surface area contributed by atoms with E-state index in [0.29, 0.717) is 12.4 Å². The van der Waals surface area contributed by atoms with Gasteiger partial charge in [-0.1, -0.05) is 21.1 Å². The molecule has 0 unspecified atom stereocenters. The second-order valence-corrected chi connectivity index (χ2v) is 4.48. The second-order valence-electron chi connectivity index (χ2n) is 3.63. The van der Waals surface area contributed by atoms with Gasteiger partial charge in [-0.15, -0.1) is 0 Å². The van der Waals surface area contributed by atoms with E-state index in [1.165, 1.54) is 0 Å². The fraction of sp³-hybridized carbons (Fsp3) is 0.250. The number of hydrogen-bond donors (Lipinski definition) is 1. The number of aryl methyl sites for hydroxylation is 1. The Morgan fingerprint density at radius 3 is 2.88 bits per heavy atom. The minimum atomic E-state index is -0.0269. The molecule has 1 heterocycles. The molecule has 90 valence electrons. The van der Waals surface area contributed by atoms with Gasteiger partial charge in [-0.2, -0.15) is 0 Å². The molecule has 1 aromatic heterocycles. The van der Waals surface area contributed by atoms with Gasteiger partial charge >= 0.3 is 0 Å². The lowest BCUT2D eigenvalue weighted by molar-refractivity contribution is 0.274. The zero-order valence-electron chi connectivity index (χ0n) is 9.31. The predicted molar refractivity (Wildman–Crippen MR) is 65.6 cm³/mol. The van der Waals surface area contributed by atoms with Crippen LogP contribution in [0.15, 0.2) is 33.3 Å². The van der Waals surface area contributed by atoms with Crippen molar-refractivity contribution in [1.82, 2.24) is 5.16 Å². The summed E-state index contributed by atoms with van der Waals surface area (Å²) in [7, 11) is 0. The number of rotatable bonds is 4. The molecule has 4 nitrogen and oxygen atoms in total. The molecule has 2 rings (SSSR count). The average Bonchev–Trinajstić information content (AvgIpc) is 2.74. The van der Waals surface area contributed by atoms with E-state index < -0.39 is 0 Å². The highest BCUT2D eigenvalue weighted by Gasteiger charge is 2.04. The highest BCUT2D eigenvalue weighted by molar-refractivity contribution is 9.10. The first-order valence-corrected chi connectivity index (χ1v) is 5.92. The summed E-state index contributed by atoms with van der Waals surface area (Å²) in [6.07, 6.45) is 0. The van der Waals surface area contributed by atoms with Crippen LogP contribution in [0.4, 0.5) is 0 Å². The number of hydrogen-bond acceptors (Lipinski definition) is 4. The minimum absolute atomic E-state index is 0.0269. The summed E-state index contributed by atoms with van der Waals surface area (Å²) in [5, 5.41) is 13.0. The standard InChI is InChI=1S/C12H12BrNO3/c1-8-4-10(14-17-8)7-16-11-2-3-12(13)9(5-11)6-15/h2-5,15H,6-7H2,1H3. The lowest BCUT2D eigenvalue weighted by Crippen LogP contribution is -1.96. The van der Waals surface area contributed by atoms with Gasteiger partial charge < -0.3 is 14.4 Å². The van der Waals surface area contributed by atoms with E-state index in [1.54, 1.807) is 6.07 Å². The van der Waals surface area contributed by atoms with Crippen molar-refractivity contribution in [2.75, 3.05) is 0 Å². The van der Waals surface area contributed by atoms with Crippen molar-refractivity contribution in [3.63, 3.8) is 0 Å². The van der Waals surface area contributed by atoms with E-state index >= 15 is 0 Å². The van der Waals surface area contributed by atoms with Gasteiger partial charge in [-0.05, 0) is 30.7 Å². The van der Waals surface area contributed by atoms with E-state index in [0.717, 1.165) is 21.5 Å². The molecule has 0 atom stereocenters. The zero-order chi connectivity index (χ0) is 12.3. The Morgan fingerprint density at radius 1 is 1.41 bits per heavy atom. The van der Waals surface area contributed by atoms with Crippen molar-refractivity contribution in [2.45, 2.75) is 20.1 Å². The molecule has 0 radical (unpaired) electrons. The van der Waals surface area contributed by atoms with Gasteiger partial charge in [0.25, 0.3) is 0 Å². The van der Waals surface area contributed by atoms with E-state index in [4.69, 9.17) is 14.4 Å². The van der Waals surface area contributed by atoms with Gasteiger partial charge in [0.05, 0.1) is 6.61 Å². The molecule has 0 aliphatic rings. The normalized spacial score (nSPS) is 10.5. The Balaban J connectivity index is 2.04. The van der Waals surface area contributed by atoms with E-state index in [1.807, 2.05) is 25.1 Å². The average molecular weight is 298 g/mol. The number of aliphatic hydroxyl groups is 1. The lowest BCUT2D eigenvalue weighted by Gasteiger charge is -2.06. The van der Waals surface area contributed by atoms with Crippen LogP contribution in [0.5, 0.6) is 5.75 Å². The SMILES string of the molecule is Cc1cc(COc2ccc(Br)c(CO)c2)no1. The molecular formula is C12H12BrNO3. The van der Waals surface area contributed by atoms with Crippen molar-refractivity contribution in [3.05, 3.63) is 45.8 Å². The van der Waals surface area contributed by atoms with E-state index in [-0.39, 0.29) is 6.61 Å². The molecule has 0 bridgehead atoms. The molecule has 1 aromatic carbocycles.